The van der Waals surface area contributed by atoms with Crippen LogP contribution in [0.15, 0.2) is 42.6 Å². The molecule has 1 atom stereocenters. The van der Waals surface area contributed by atoms with Crippen molar-refractivity contribution in [2.45, 2.75) is 32.6 Å². The number of fused-ring (bicyclic) bond motifs is 3. The van der Waals surface area contributed by atoms with Crippen molar-refractivity contribution >= 4 is 23.2 Å². The molecule has 0 bridgehead atoms. The summed E-state index contributed by atoms with van der Waals surface area (Å²) in [5, 5.41) is 2.55. The Morgan fingerprint density at radius 2 is 1.85 bits per heavy atom. The molecule has 0 spiro atoms. The second-order valence-corrected chi connectivity index (χ2v) is 8.19. The number of nitrogens with one attached hydrogen (secondary N) is 1. The molecule has 0 saturated carbocycles. The van der Waals surface area contributed by atoms with E-state index in [-0.39, 0.29) is 39.5 Å². The van der Waals surface area contributed by atoms with Crippen LogP contribution in [-0.4, -0.2) is 28.3 Å². The summed E-state index contributed by atoms with van der Waals surface area (Å²) in [5.41, 5.74) is 0.461. The summed E-state index contributed by atoms with van der Waals surface area (Å²) in [5.74, 6) is -6.74. The van der Waals surface area contributed by atoms with Crippen LogP contribution in [0.25, 0.3) is 11.1 Å². The number of aromatic nitrogens is 2. The highest BCUT2D eigenvalue weighted by molar-refractivity contribution is 6.09. The average molecular weight is 472 g/mol. The van der Waals surface area contributed by atoms with Gasteiger partial charge in [0.2, 0.25) is 17.8 Å². The van der Waals surface area contributed by atoms with Gasteiger partial charge in [-0.15, -0.1) is 0 Å². The smallest absolute Gasteiger partial charge is 0.270 e. The number of hydrogen-bond donors (Lipinski definition) is 1. The van der Waals surface area contributed by atoms with Gasteiger partial charge in [-0.05, 0) is 38.1 Å². The van der Waals surface area contributed by atoms with Gasteiger partial charge < -0.3 is 10.2 Å². The van der Waals surface area contributed by atoms with Gasteiger partial charge in [0.05, 0.1) is 29.1 Å². The number of alkyl halides is 2. The van der Waals surface area contributed by atoms with Crippen LogP contribution in [0.2, 0.25) is 0 Å². The van der Waals surface area contributed by atoms with Crippen molar-refractivity contribution in [3.8, 4) is 11.1 Å². The van der Waals surface area contributed by atoms with E-state index in [1.165, 1.54) is 44.2 Å². The minimum absolute atomic E-state index is 0.0594. The molecule has 0 radical (unpaired) electrons. The van der Waals surface area contributed by atoms with E-state index in [2.05, 4.69) is 15.3 Å². The normalized spacial score (nSPS) is 15.4. The Morgan fingerprint density at radius 3 is 2.50 bits per heavy atom. The Hall–Kier alpha value is -3.82. The first-order valence-electron chi connectivity index (χ1n) is 10.4. The Kier molecular flexibility index (Phi) is 5.84. The molecule has 2 amide bonds. The van der Waals surface area contributed by atoms with E-state index in [9.17, 15) is 22.8 Å². The molecule has 0 fully saturated rings. The first-order chi connectivity index (χ1) is 16.0. The number of anilines is 2. The minimum Gasteiger partial charge on any atom is -0.325 e. The van der Waals surface area contributed by atoms with Crippen LogP contribution in [0.5, 0.6) is 0 Å². The van der Waals surface area contributed by atoms with Gasteiger partial charge in [0, 0.05) is 29.4 Å². The molecular weight excluding hydrogens is 452 g/mol. The molecule has 0 aliphatic carbocycles. The molecule has 4 rings (SSSR count). The predicted octanol–water partition coefficient (Wildman–Crippen LogP) is 4.93. The number of rotatable bonds is 4. The van der Waals surface area contributed by atoms with Gasteiger partial charge in [-0.1, -0.05) is 12.1 Å². The Labute approximate surface area is 192 Å². The summed E-state index contributed by atoms with van der Waals surface area (Å²) in [4.78, 5) is 35.0. The third kappa shape index (κ3) is 4.35. The number of benzene rings is 1. The van der Waals surface area contributed by atoms with E-state index >= 15 is 4.39 Å². The highest BCUT2D eigenvalue weighted by Crippen LogP contribution is 2.41. The van der Waals surface area contributed by atoms with Gasteiger partial charge in [0.15, 0.2) is 0 Å². The lowest BCUT2D eigenvalue weighted by Crippen LogP contribution is -2.40. The molecule has 0 saturated heterocycles. The van der Waals surface area contributed by atoms with Crippen LogP contribution in [0.3, 0.4) is 0 Å². The molecule has 2 aromatic heterocycles. The summed E-state index contributed by atoms with van der Waals surface area (Å²) < 4.78 is 55.8. The molecule has 0 unspecified atom stereocenters. The van der Waals surface area contributed by atoms with E-state index in [0.717, 1.165) is 24.1 Å². The van der Waals surface area contributed by atoms with Gasteiger partial charge in [-0.2, -0.15) is 4.39 Å². The van der Waals surface area contributed by atoms with Crippen molar-refractivity contribution < 1.29 is 27.2 Å². The molecule has 1 aliphatic heterocycles. The monoisotopic (exact) mass is 472 g/mol. The zero-order valence-corrected chi connectivity index (χ0v) is 18.5. The first-order valence-corrected chi connectivity index (χ1v) is 10.4. The summed E-state index contributed by atoms with van der Waals surface area (Å²) >= 11 is 0. The second kappa shape index (κ2) is 8.51. The maximum absolute atomic E-state index is 15.0. The predicted molar refractivity (Wildman–Crippen MR) is 118 cm³/mol. The SMILES string of the molecule is Cc1cc2c(c(F)n1)-c1cc(F)cnc1[C@H](C)C(=O)N2CC(=O)Nc1ccc(C(C)(F)F)cc1. The van der Waals surface area contributed by atoms with Crippen molar-refractivity contribution in [1.29, 1.82) is 0 Å². The minimum atomic E-state index is -3.03. The average Bonchev–Trinajstić information content (AvgIpc) is 2.83. The van der Waals surface area contributed by atoms with Crippen LogP contribution in [0, 0.1) is 18.7 Å². The van der Waals surface area contributed by atoms with Gasteiger partial charge in [-0.3, -0.25) is 14.6 Å². The topological polar surface area (TPSA) is 75.2 Å². The lowest BCUT2D eigenvalue weighted by Gasteiger charge is -2.24. The van der Waals surface area contributed by atoms with Gasteiger partial charge >= 0.3 is 0 Å². The lowest BCUT2D eigenvalue weighted by molar-refractivity contribution is -0.122. The molecule has 1 aliphatic rings. The standard InChI is InChI=1S/C24H20F4N4O2/c1-12-8-18-20(22(26)30-12)17-9-15(25)10-29-21(17)13(2)23(34)32(18)11-19(33)31-16-6-4-14(5-7-16)24(3,27)28/h4-10,13H,11H2,1-3H3,(H,31,33)/t13-/m0/s1. The number of pyridine rings is 2. The Morgan fingerprint density at radius 1 is 1.18 bits per heavy atom. The second-order valence-electron chi connectivity index (χ2n) is 8.19. The number of carbonyl (C=O) groups excluding carboxylic acids is 2. The summed E-state index contributed by atoms with van der Waals surface area (Å²) in [7, 11) is 0. The fraction of sp³-hybridized carbons (Fsp3) is 0.250. The molecular formula is C24H20F4N4O2. The fourth-order valence-electron chi connectivity index (χ4n) is 3.90. The van der Waals surface area contributed by atoms with Crippen molar-refractivity contribution in [3.05, 3.63) is 71.3 Å². The molecule has 3 aromatic rings. The van der Waals surface area contributed by atoms with Crippen molar-refractivity contribution in [1.82, 2.24) is 9.97 Å². The van der Waals surface area contributed by atoms with E-state index in [4.69, 9.17) is 0 Å². The van der Waals surface area contributed by atoms with Crippen LogP contribution >= 0.6 is 0 Å². The summed E-state index contributed by atoms with van der Waals surface area (Å²) in [6.07, 6.45) is 0.938. The van der Waals surface area contributed by atoms with Gasteiger partial charge in [0.1, 0.15) is 12.4 Å². The van der Waals surface area contributed by atoms with Crippen molar-refractivity contribution in [3.63, 3.8) is 0 Å². The van der Waals surface area contributed by atoms with E-state index < -0.39 is 42.0 Å². The fourth-order valence-corrected chi connectivity index (χ4v) is 3.90. The van der Waals surface area contributed by atoms with Crippen molar-refractivity contribution in [2.24, 2.45) is 0 Å². The quantitative estimate of drug-likeness (QED) is 0.432. The van der Waals surface area contributed by atoms with Crippen LogP contribution in [-0.2, 0) is 15.5 Å². The highest BCUT2D eigenvalue weighted by Gasteiger charge is 2.36. The van der Waals surface area contributed by atoms with Crippen LogP contribution in [0.1, 0.15) is 36.7 Å². The van der Waals surface area contributed by atoms with E-state index in [1.54, 1.807) is 0 Å². The maximum Gasteiger partial charge on any atom is 0.270 e. The molecule has 1 N–H and O–H groups in total. The molecule has 1 aromatic carbocycles. The highest BCUT2D eigenvalue weighted by atomic mass is 19.3. The van der Waals surface area contributed by atoms with E-state index in [0.29, 0.717) is 0 Å². The first kappa shape index (κ1) is 23.3. The zero-order valence-electron chi connectivity index (χ0n) is 18.5. The molecule has 10 heteroatoms. The molecule has 34 heavy (non-hydrogen) atoms. The van der Waals surface area contributed by atoms with Gasteiger partial charge in [0.25, 0.3) is 5.92 Å². The molecule has 176 valence electrons. The molecule has 3 heterocycles. The van der Waals surface area contributed by atoms with Crippen LogP contribution < -0.4 is 10.2 Å². The van der Waals surface area contributed by atoms with E-state index in [1.807, 2.05) is 0 Å². The summed E-state index contributed by atoms with van der Waals surface area (Å²) in [6, 6.07) is 7.54. The third-order valence-corrected chi connectivity index (χ3v) is 5.55. The largest absolute Gasteiger partial charge is 0.325 e. The maximum atomic E-state index is 15.0. The third-order valence-electron chi connectivity index (χ3n) is 5.55. The number of carbonyl (C=O) groups is 2. The molecule has 6 nitrogen and oxygen atoms in total. The summed E-state index contributed by atoms with van der Waals surface area (Å²) in [6.45, 7) is 3.32. The van der Waals surface area contributed by atoms with Crippen molar-refractivity contribution in [2.75, 3.05) is 16.8 Å². The number of hydrogen-bond acceptors (Lipinski definition) is 4. The number of aryl methyl sites for hydroxylation is 1. The lowest BCUT2D eigenvalue weighted by atomic mass is 9.98. The number of nitrogens with zero attached hydrogens (tertiary/aromatic N) is 3. The Balaban J connectivity index is 1.70. The number of halogens is 4. The van der Waals surface area contributed by atoms with Crippen LogP contribution in [0.4, 0.5) is 28.9 Å². The van der Waals surface area contributed by atoms with Gasteiger partial charge in [-0.25, -0.2) is 18.2 Å². The zero-order chi connectivity index (χ0) is 24.8. The number of amides is 2. The Bertz CT molecular complexity index is 1290.